The maximum absolute atomic E-state index is 12.0. The lowest BCUT2D eigenvalue weighted by molar-refractivity contribution is -0.127. The number of amides is 1. The van der Waals surface area contributed by atoms with Crippen molar-refractivity contribution in [3.05, 3.63) is 18.0 Å². The summed E-state index contributed by atoms with van der Waals surface area (Å²) in [4.78, 5) is 12.0. The second-order valence-corrected chi connectivity index (χ2v) is 4.34. The van der Waals surface area contributed by atoms with Crippen molar-refractivity contribution in [3.63, 3.8) is 0 Å². The molecule has 5 N–H and O–H groups in total. The molecule has 1 amide bonds. The fourth-order valence-electron chi connectivity index (χ4n) is 1.20. The number of nitrogens with zero attached hydrogens (tertiary/aromatic N) is 2. The molecule has 1 aromatic heterocycles. The van der Waals surface area contributed by atoms with Crippen molar-refractivity contribution in [2.45, 2.75) is 26.8 Å². The van der Waals surface area contributed by atoms with Crippen LogP contribution in [0, 0.1) is 5.41 Å². The van der Waals surface area contributed by atoms with Crippen LogP contribution >= 0.6 is 0 Å². The molecule has 1 aromatic rings. The van der Waals surface area contributed by atoms with Gasteiger partial charge in [0.05, 0.1) is 12.2 Å². The van der Waals surface area contributed by atoms with Gasteiger partial charge in [0.1, 0.15) is 5.41 Å². The van der Waals surface area contributed by atoms with Gasteiger partial charge in [-0.2, -0.15) is 5.10 Å². The lowest BCUT2D eigenvalue weighted by Gasteiger charge is -2.24. The zero-order valence-electron chi connectivity index (χ0n) is 10.1. The minimum absolute atomic E-state index is 0.130. The van der Waals surface area contributed by atoms with E-state index >= 15 is 0 Å². The van der Waals surface area contributed by atoms with E-state index in [0.29, 0.717) is 0 Å². The van der Waals surface area contributed by atoms with Crippen molar-refractivity contribution in [3.8, 4) is 0 Å². The molecule has 94 valence electrons. The van der Waals surface area contributed by atoms with Crippen molar-refractivity contribution in [1.29, 1.82) is 0 Å². The largest absolute Gasteiger partial charge is 0.409 e. The van der Waals surface area contributed by atoms with Crippen LogP contribution in [0.1, 0.15) is 32.4 Å². The molecule has 0 radical (unpaired) electrons. The smallest absolute Gasteiger partial charge is 0.233 e. The quantitative estimate of drug-likeness (QED) is 0.262. The third kappa shape index (κ3) is 2.74. The Morgan fingerprint density at radius 3 is 2.82 bits per heavy atom. The summed E-state index contributed by atoms with van der Waals surface area (Å²) in [5.41, 5.74) is 5.26. The number of amidine groups is 1. The summed E-state index contributed by atoms with van der Waals surface area (Å²) in [5, 5.41) is 20.7. The monoisotopic (exact) mass is 239 g/mol. The summed E-state index contributed by atoms with van der Waals surface area (Å²) in [7, 11) is 0. The molecule has 0 aliphatic rings. The Hall–Kier alpha value is -2.05. The van der Waals surface area contributed by atoms with Crippen LogP contribution in [0.25, 0.3) is 0 Å². The number of rotatable bonds is 4. The van der Waals surface area contributed by atoms with E-state index in [1.165, 1.54) is 0 Å². The van der Waals surface area contributed by atoms with E-state index in [4.69, 9.17) is 10.9 Å². The molecule has 7 heteroatoms. The van der Waals surface area contributed by atoms with Crippen molar-refractivity contribution in [1.82, 2.24) is 15.5 Å². The molecule has 1 heterocycles. The van der Waals surface area contributed by atoms with Crippen LogP contribution in [-0.2, 0) is 4.79 Å². The first-order valence-corrected chi connectivity index (χ1v) is 5.17. The molecule has 1 unspecified atom stereocenters. The minimum atomic E-state index is -1.06. The van der Waals surface area contributed by atoms with E-state index in [0.717, 1.165) is 5.56 Å². The molecule has 0 aromatic carbocycles. The number of aromatic amines is 1. The molecule has 0 saturated heterocycles. The molecule has 0 saturated carbocycles. The molecule has 0 aliphatic heterocycles. The van der Waals surface area contributed by atoms with Gasteiger partial charge in [-0.15, -0.1) is 0 Å². The lowest BCUT2D eigenvalue weighted by Crippen LogP contribution is -2.46. The third-order valence-electron chi connectivity index (χ3n) is 2.68. The van der Waals surface area contributed by atoms with Crippen LogP contribution in [-0.4, -0.2) is 27.1 Å². The maximum atomic E-state index is 12.0. The standard InChI is InChI=1S/C10H17N5O2/c1-6(7-4-12-13-5-7)14-9(16)10(2,3)8(11)15-17/h4-6,17H,1-3H3,(H2,11,15)(H,12,13)(H,14,16). The first kappa shape index (κ1) is 13.0. The van der Waals surface area contributed by atoms with Crippen molar-refractivity contribution >= 4 is 11.7 Å². The Labute approximate surface area is 99.1 Å². The number of carbonyl (C=O) groups excluding carboxylic acids is 1. The van der Waals surface area contributed by atoms with Gasteiger partial charge < -0.3 is 16.3 Å². The summed E-state index contributed by atoms with van der Waals surface area (Å²) in [6.45, 7) is 4.99. The van der Waals surface area contributed by atoms with Gasteiger partial charge in [0.2, 0.25) is 5.91 Å². The Morgan fingerprint density at radius 1 is 1.71 bits per heavy atom. The second-order valence-electron chi connectivity index (χ2n) is 4.34. The summed E-state index contributed by atoms with van der Waals surface area (Å²) in [6, 6.07) is -0.202. The van der Waals surface area contributed by atoms with Crippen molar-refractivity contribution < 1.29 is 10.0 Å². The predicted octanol–water partition coefficient (Wildman–Crippen LogP) is 0.360. The van der Waals surface area contributed by atoms with Gasteiger partial charge >= 0.3 is 0 Å². The maximum Gasteiger partial charge on any atom is 0.233 e. The Balaban J connectivity index is 2.73. The number of oxime groups is 1. The Kier molecular flexibility index (Phi) is 3.72. The molecule has 0 fully saturated rings. The van der Waals surface area contributed by atoms with Gasteiger partial charge in [0, 0.05) is 11.8 Å². The van der Waals surface area contributed by atoms with E-state index in [-0.39, 0.29) is 17.8 Å². The van der Waals surface area contributed by atoms with Gasteiger partial charge in [-0.1, -0.05) is 5.16 Å². The molecule has 0 spiro atoms. The number of hydrogen-bond donors (Lipinski definition) is 4. The van der Waals surface area contributed by atoms with Gasteiger partial charge in [-0.25, -0.2) is 0 Å². The highest BCUT2D eigenvalue weighted by atomic mass is 16.4. The fourth-order valence-corrected chi connectivity index (χ4v) is 1.20. The average molecular weight is 239 g/mol. The van der Waals surface area contributed by atoms with E-state index in [9.17, 15) is 4.79 Å². The Morgan fingerprint density at radius 2 is 2.35 bits per heavy atom. The molecule has 17 heavy (non-hydrogen) atoms. The first-order valence-electron chi connectivity index (χ1n) is 5.17. The average Bonchev–Trinajstić information content (AvgIpc) is 2.81. The summed E-state index contributed by atoms with van der Waals surface area (Å²) in [5.74, 6) is -0.448. The summed E-state index contributed by atoms with van der Waals surface area (Å²) >= 11 is 0. The number of H-pyrrole nitrogens is 1. The van der Waals surface area contributed by atoms with E-state index in [1.54, 1.807) is 26.2 Å². The van der Waals surface area contributed by atoms with Gasteiger partial charge in [0.25, 0.3) is 0 Å². The van der Waals surface area contributed by atoms with Gasteiger partial charge in [0.15, 0.2) is 5.84 Å². The first-order chi connectivity index (χ1) is 7.89. The normalized spacial score (nSPS) is 14.4. The van der Waals surface area contributed by atoms with E-state index in [1.807, 2.05) is 6.92 Å². The van der Waals surface area contributed by atoms with Gasteiger partial charge in [-0.05, 0) is 20.8 Å². The van der Waals surface area contributed by atoms with Gasteiger partial charge in [-0.3, -0.25) is 9.89 Å². The zero-order valence-corrected chi connectivity index (χ0v) is 10.1. The molecule has 1 rings (SSSR count). The number of aromatic nitrogens is 2. The van der Waals surface area contributed by atoms with Crippen LogP contribution in [0.4, 0.5) is 0 Å². The predicted molar refractivity (Wildman–Crippen MR) is 62.3 cm³/mol. The molecule has 7 nitrogen and oxygen atoms in total. The summed E-state index contributed by atoms with van der Waals surface area (Å²) in [6.07, 6.45) is 3.32. The van der Waals surface area contributed by atoms with Crippen LogP contribution in [0.15, 0.2) is 17.5 Å². The molecular formula is C10H17N5O2. The van der Waals surface area contributed by atoms with Crippen LogP contribution in [0.5, 0.6) is 0 Å². The fraction of sp³-hybridized carbons (Fsp3) is 0.500. The van der Waals surface area contributed by atoms with E-state index in [2.05, 4.69) is 20.7 Å². The molecule has 1 atom stereocenters. The van der Waals surface area contributed by atoms with Crippen LogP contribution in [0.2, 0.25) is 0 Å². The number of nitrogens with one attached hydrogen (secondary N) is 2. The minimum Gasteiger partial charge on any atom is -0.409 e. The third-order valence-corrected chi connectivity index (χ3v) is 2.68. The van der Waals surface area contributed by atoms with E-state index < -0.39 is 5.41 Å². The number of hydrogen-bond acceptors (Lipinski definition) is 4. The Bertz CT molecular complexity index is 410. The molecular weight excluding hydrogens is 222 g/mol. The van der Waals surface area contributed by atoms with Crippen LogP contribution < -0.4 is 11.1 Å². The second kappa shape index (κ2) is 4.86. The highest BCUT2D eigenvalue weighted by molar-refractivity contribution is 6.05. The lowest BCUT2D eigenvalue weighted by atomic mass is 9.90. The van der Waals surface area contributed by atoms with Crippen molar-refractivity contribution in [2.24, 2.45) is 16.3 Å². The summed E-state index contributed by atoms with van der Waals surface area (Å²) < 4.78 is 0. The highest BCUT2D eigenvalue weighted by Crippen LogP contribution is 2.18. The van der Waals surface area contributed by atoms with Crippen molar-refractivity contribution in [2.75, 3.05) is 0 Å². The zero-order chi connectivity index (χ0) is 13.1. The SMILES string of the molecule is CC(NC(=O)C(C)(C)C(N)=NO)c1cn[nH]c1. The number of nitrogens with two attached hydrogens (primary N) is 1. The molecule has 0 bridgehead atoms. The molecule has 0 aliphatic carbocycles. The number of carbonyl (C=O) groups is 1. The topological polar surface area (TPSA) is 116 Å². The van der Waals surface area contributed by atoms with Crippen LogP contribution in [0.3, 0.4) is 0 Å². The highest BCUT2D eigenvalue weighted by Gasteiger charge is 2.33.